The summed E-state index contributed by atoms with van der Waals surface area (Å²) < 4.78 is 10.4. The molecule has 0 saturated heterocycles. The predicted molar refractivity (Wildman–Crippen MR) is 99.9 cm³/mol. The summed E-state index contributed by atoms with van der Waals surface area (Å²) in [5.74, 6) is 0.100. The van der Waals surface area contributed by atoms with E-state index in [2.05, 4.69) is 5.32 Å². The lowest BCUT2D eigenvalue weighted by Crippen LogP contribution is -2.35. The molecule has 0 aliphatic carbocycles. The van der Waals surface area contributed by atoms with Crippen LogP contribution in [0, 0.1) is 0 Å². The van der Waals surface area contributed by atoms with Crippen molar-refractivity contribution in [3.05, 3.63) is 65.7 Å². The van der Waals surface area contributed by atoms with Crippen molar-refractivity contribution in [2.45, 2.75) is 38.8 Å². The van der Waals surface area contributed by atoms with Crippen LogP contribution < -0.4 is 10.1 Å². The molecule has 0 bridgehead atoms. The molecular weight excluding hydrogens is 330 g/mol. The quantitative estimate of drug-likeness (QED) is 0.737. The van der Waals surface area contributed by atoms with Crippen molar-refractivity contribution in [2.24, 2.45) is 0 Å². The van der Waals surface area contributed by atoms with Gasteiger partial charge >= 0.3 is 5.97 Å². The lowest BCUT2D eigenvalue weighted by atomic mass is 9.98. The lowest BCUT2D eigenvalue weighted by Gasteiger charge is -2.16. The highest BCUT2D eigenvalue weighted by atomic mass is 16.5. The minimum absolute atomic E-state index is 0.0401. The molecule has 0 aliphatic rings. The van der Waals surface area contributed by atoms with Gasteiger partial charge in [0.1, 0.15) is 5.75 Å². The zero-order valence-electron chi connectivity index (χ0n) is 15.4. The fourth-order valence-corrected chi connectivity index (χ4v) is 2.52. The Morgan fingerprint density at radius 1 is 1.00 bits per heavy atom. The van der Waals surface area contributed by atoms with Gasteiger partial charge in [-0.2, -0.15) is 0 Å². The van der Waals surface area contributed by atoms with E-state index in [4.69, 9.17) is 9.47 Å². The van der Waals surface area contributed by atoms with Crippen LogP contribution in [0.4, 0.5) is 0 Å². The third-order valence-electron chi connectivity index (χ3n) is 4.14. The van der Waals surface area contributed by atoms with Crippen LogP contribution in [0.15, 0.2) is 54.6 Å². The Balaban J connectivity index is 1.77. The number of ether oxygens (including phenoxy) is 2. The maximum atomic E-state index is 12.1. The third kappa shape index (κ3) is 5.92. The van der Waals surface area contributed by atoms with E-state index in [1.807, 2.05) is 61.5 Å². The number of carbonyl (C=O) groups is 2. The average molecular weight is 355 g/mol. The first kappa shape index (κ1) is 19.5. The van der Waals surface area contributed by atoms with Gasteiger partial charge in [-0.05, 0) is 36.1 Å². The zero-order valence-corrected chi connectivity index (χ0v) is 15.4. The van der Waals surface area contributed by atoms with Gasteiger partial charge in [0.05, 0.1) is 13.5 Å². The molecule has 2 rings (SSSR count). The van der Waals surface area contributed by atoms with Crippen molar-refractivity contribution in [1.29, 1.82) is 0 Å². The summed E-state index contributed by atoms with van der Waals surface area (Å²) in [4.78, 5) is 24.2. The number of amides is 1. The summed E-state index contributed by atoms with van der Waals surface area (Å²) in [7, 11) is 1.60. The Hall–Kier alpha value is -2.82. The Morgan fingerprint density at radius 3 is 2.27 bits per heavy atom. The van der Waals surface area contributed by atoms with E-state index in [-0.39, 0.29) is 24.2 Å². The number of esters is 1. The molecule has 2 aromatic carbocycles. The molecule has 0 fully saturated rings. The molecule has 0 unspecified atom stereocenters. The van der Waals surface area contributed by atoms with Crippen LogP contribution >= 0.6 is 0 Å². The summed E-state index contributed by atoms with van der Waals surface area (Å²) in [6.45, 7) is 3.91. The summed E-state index contributed by atoms with van der Waals surface area (Å²) >= 11 is 0. The first-order valence-electron chi connectivity index (χ1n) is 8.64. The van der Waals surface area contributed by atoms with Gasteiger partial charge in [0.25, 0.3) is 5.91 Å². The van der Waals surface area contributed by atoms with Crippen molar-refractivity contribution in [3.8, 4) is 5.75 Å². The maximum absolute atomic E-state index is 12.1. The van der Waals surface area contributed by atoms with Gasteiger partial charge in [-0.25, -0.2) is 0 Å². The smallest absolute Gasteiger partial charge is 0.307 e. The van der Waals surface area contributed by atoms with Crippen LogP contribution in [-0.2, 0) is 20.9 Å². The number of hydrogen-bond acceptors (Lipinski definition) is 4. The SMILES string of the molecule is COc1ccc(CNC(=O)[C@H](C)OC(=O)C[C@H](C)c2ccccc2)cc1. The topological polar surface area (TPSA) is 64.6 Å². The van der Waals surface area contributed by atoms with E-state index >= 15 is 0 Å². The van der Waals surface area contributed by atoms with Crippen LogP contribution in [0.2, 0.25) is 0 Å². The van der Waals surface area contributed by atoms with Crippen LogP contribution in [0.5, 0.6) is 5.75 Å². The molecule has 138 valence electrons. The van der Waals surface area contributed by atoms with E-state index in [9.17, 15) is 9.59 Å². The van der Waals surface area contributed by atoms with Gasteiger partial charge in [-0.3, -0.25) is 9.59 Å². The Labute approximate surface area is 154 Å². The van der Waals surface area contributed by atoms with Gasteiger partial charge in [-0.1, -0.05) is 49.4 Å². The fraction of sp³-hybridized carbons (Fsp3) is 0.333. The molecule has 0 spiro atoms. The Morgan fingerprint density at radius 2 is 1.65 bits per heavy atom. The minimum Gasteiger partial charge on any atom is -0.497 e. The van der Waals surface area contributed by atoms with Crippen LogP contribution in [0.1, 0.15) is 37.3 Å². The second-order valence-corrected chi connectivity index (χ2v) is 6.21. The molecule has 0 radical (unpaired) electrons. The monoisotopic (exact) mass is 355 g/mol. The van der Waals surface area contributed by atoms with E-state index in [1.54, 1.807) is 14.0 Å². The Kier molecular flexibility index (Phi) is 7.21. The first-order chi connectivity index (χ1) is 12.5. The van der Waals surface area contributed by atoms with Crippen molar-refractivity contribution in [2.75, 3.05) is 7.11 Å². The number of nitrogens with one attached hydrogen (secondary N) is 1. The Bertz CT molecular complexity index is 713. The largest absolute Gasteiger partial charge is 0.497 e. The highest BCUT2D eigenvalue weighted by molar-refractivity contribution is 5.83. The van der Waals surface area contributed by atoms with Crippen molar-refractivity contribution < 1.29 is 19.1 Å². The van der Waals surface area contributed by atoms with E-state index in [0.29, 0.717) is 6.54 Å². The number of hydrogen-bond donors (Lipinski definition) is 1. The molecule has 0 aromatic heterocycles. The highest BCUT2D eigenvalue weighted by Crippen LogP contribution is 2.19. The maximum Gasteiger partial charge on any atom is 0.307 e. The van der Waals surface area contributed by atoms with Crippen LogP contribution in [0.25, 0.3) is 0 Å². The molecule has 5 heteroatoms. The predicted octanol–water partition coefficient (Wildman–Crippen LogP) is 3.44. The highest BCUT2D eigenvalue weighted by Gasteiger charge is 2.19. The molecule has 1 amide bonds. The van der Waals surface area contributed by atoms with Crippen molar-refractivity contribution in [3.63, 3.8) is 0 Å². The standard InChI is InChI=1S/C21H25NO4/c1-15(18-7-5-4-6-8-18)13-20(23)26-16(2)21(24)22-14-17-9-11-19(25-3)12-10-17/h4-12,15-16H,13-14H2,1-3H3,(H,22,24)/t15-,16-/m0/s1. The van der Waals surface area contributed by atoms with Crippen molar-refractivity contribution in [1.82, 2.24) is 5.32 Å². The van der Waals surface area contributed by atoms with Gasteiger partial charge in [-0.15, -0.1) is 0 Å². The summed E-state index contributed by atoms with van der Waals surface area (Å²) in [5, 5.41) is 2.77. The second-order valence-electron chi connectivity index (χ2n) is 6.21. The fourth-order valence-electron chi connectivity index (χ4n) is 2.52. The summed E-state index contributed by atoms with van der Waals surface area (Å²) in [6.07, 6.45) is -0.594. The number of carbonyl (C=O) groups excluding carboxylic acids is 2. The van der Waals surface area contributed by atoms with E-state index in [0.717, 1.165) is 16.9 Å². The minimum atomic E-state index is -0.830. The van der Waals surface area contributed by atoms with Crippen LogP contribution in [0.3, 0.4) is 0 Å². The molecule has 2 aromatic rings. The van der Waals surface area contributed by atoms with Gasteiger partial charge in [0.2, 0.25) is 0 Å². The van der Waals surface area contributed by atoms with Gasteiger partial charge < -0.3 is 14.8 Å². The normalized spacial score (nSPS) is 12.7. The summed E-state index contributed by atoms with van der Waals surface area (Å²) in [6, 6.07) is 17.2. The zero-order chi connectivity index (χ0) is 18.9. The van der Waals surface area contributed by atoms with Gasteiger partial charge in [0, 0.05) is 6.54 Å². The molecule has 0 heterocycles. The average Bonchev–Trinajstić information content (AvgIpc) is 2.66. The van der Waals surface area contributed by atoms with Gasteiger partial charge in [0.15, 0.2) is 6.10 Å². The lowest BCUT2D eigenvalue weighted by molar-refractivity contribution is -0.155. The molecule has 0 aliphatic heterocycles. The summed E-state index contributed by atoms with van der Waals surface area (Å²) in [5.41, 5.74) is 2.01. The molecular formula is C21H25NO4. The molecule has 2 atom stereocenters. The number of benzene rings is 2. The van der Waals surface area contributed by atoms with Crippen molar-refractivity contribution >= 4 is 11.9 Å². The van der Waals surface area contributed by atoms with E-state index < -0.39 is 6.10 Å². The molecule has 1 N–H and O–H groups in total. The molecule has 0 saturated carbocycles. The first-order valence-corrected chi connectivity index (χ1v) is 8.64. The molecule has 5 nitrogen and oxygen atoms in total. The third-order valence-corrected chi connectivity index (χ3v) is 4.14. The van der Waals surface area contributed by atoms with E-state index in [1.165, 1.54) is 0 Å². The number of rotatable bonds is 8. The van der Waals surface area contributed by atoms with Crippen LogP contribution in [-0.4, -0.2) is 25.1 Å². The number of methoxy groups -OCH3 is 1. The molecule has 26 heavy (non-hydrogen) atoms. The second kappa shape index (κ2) is 9.61.